The van der Waals surface area contributed by atoms with Crippen LogP contribution in [0.1, 0.15) is 29.4 Å². The molecule has 4 rings (SSSR count). The van der Waals surface area contributed by atoms with Crippen molar-refractivity contribution in [3.8, 4) is 0 Å². The summed E-state index contributed by atoms with van der Waals surface area (Å²) in [6.45, 7) is 2.07. The average molecular weight is 446 g/mol. The molecule has 0 aliphatic carbocycles. The predicted octanol–water partition coefficient (Wildman–Crippen LogP) is 3.80. The lowest BCUT2D eigenvalue weighted by Crippen LogP contribution is -2.44. The molecule has 0 spiro atoms. The van der Waals surface area contributed by atoms with Gasteiger partial charge in [-0.3, -0.25) is 9.69 Å². The molecule has 3 aromatic rings. The molecule has 0 saturated heterocycles. The summed E-state index contributed by atoms with van der Waals surface area (Å²) in [5, 5.41) is 7.52. The third kappa shape index (κ3) is 3.61. The molecule has 0 saturated carbocycles. The van der Waals surface area contributed by atoms with Gasteiger partial charge in [-0.25, -0.2) is 14.3 Å². The quantitative estimate of drug-likeness (QED) is 0.562. The number of pyridine rings is 1. The number of aryl methyl sites for hydroxylation is 2. The van der Waals surface area contributed by atoms with Crippen LogP contribution < -0.4 is 4.90 Å². The van der Waals surface area contributed by atoms with Crippen LogP contribution >= 0.6 is 0 Å². The third-order valence-corrected chi connectivity index (χ3v) is 5.12. The molecule has 4 heterocycles. The molecule has 7 nitrogen and oxygen atoms in total. The topological polar surface area (TPSA) is 68.8 Å². The van der Waals surface area contributed by atoms with Gasteiger partial charge in [-0.05, 0) is 26.3 Å². The Hall–Kier alpha value is -3.12. The zero-order chi connectivity index (χ0) is 22.7. The molecule has 0 fully saturated rings. The fourth-order valence-electron chi connectivity index (χ4n) is 3.83. The SMILES string of the molecule is Cc1cc(C(F)(F)F)c2c(C)nn(CC(=O)N3CCC(C(F)(F)F)n4nccc43)c2n1. The lowest BCUT2D eigenvalue weighted by atomic mass is 10.1. The molecule has 166 valence electrons. The Labute approximate surface area is 171 Å². The number of rotatable bonds is 2. The van der Waals surface area contributed by atoms with Crippen LogP contribution in [0.4, 0.5) is 32.2 Å². The molecule has 1 aliphatic rings. The molecular formula is C18H16F6N6O. The monoisotopic (exact) mass is 446 g/mol. The second-order valence-electron chi connectivity index (χ2n) is 7.28. The van der Waals surface area contributed by atoms with Crippen molar-refractivity contribution in [3.05, 3.63) is 35.3 Å². The maximum absolute atomic E-state index is 13.5. The summed E-state index contributed by atoms with van der Waals surface area (Å²) in [5.74, 6) is -0.671. The van der Waals surface area contributed by atoms with Crippen molar-refractivity contribution in [2.45, 2.75) is 45.2 Å². The molecule has 1 atom stereocenters. The maximum atomic E-state index is 13.5. The van der Waals surface area contributed by atoms with Crippen LogP contribution in [0.3, 0.4) is 0 Å². The minimum Gasteiger partial charge on any atom is -0.295 e. The number of aromatic nitrogens is 5. The predicted molar refractivity (Wildman–Crippen MR) is 96.3 cm³/mol. The second-order valence-corrected chi connectivity index (χ2v) is 7.28. The summed E-state index contributed by atoms with van der Waals surface area (Å²) < 4.78 is 81.9. The van der Waals surface area contributed by atoms with Crippen molar-refractivity contribution >= 4 is 22.8 Å². The number of nitrogens with zero attached hydrogens (tertiary/aromatic N) is 6. The molecule has 0 aromatic carbocycles. The zero-order valence-corrected chi connectivity index (χ0v) is 16.3. The lowest BCUT2D eigenvalue weighted by Gasteiger charge is -2.33. The Bertz CT molecular complexity index is 1160. The first-order chi connectivity index (χ1) is 14.4. The fraction of sp³-hybridized carbons (Fsp3) is 0.444. The van der Waals surface area contributed by atoms with Crippen LogP contribution in [0.2, 0.25) is 0 Å². The van der Waals surface area contributed by atoms with Gasteiger partial charge in [-0.2, -0.15) is 36.5 Å². The van der Waals surface area contributed by atoms with Gasteiger partial charge in [0.1, 0.15) is 12.4 Å². The van der Waals surface area contributed by atoms with Gasteiger partial charge in [-0.1, -0.05) is 0 Å². The van der Waals surface area contributed by atoms with E-state index in [1.807, 2.05) is 0 Å². The van der Waals surface area contributed by atoms with Crippen LogP contribution in [0, 0.1) is 13.8 Å². The number of halogens is 6. The minimum atomic E-state index is -4.64. The van der Waals surface area contributed by atoms with E-state index < -0.39 is 42.8 Å². The summed E-state index contributed by atoms with van der Waals surface area (Å²) in [5.41, 5.74) is -0.881. The van der Waals surface area contributed by atoms with Gasteiger partial charge in [0, 0.05) is 18.3 Å². The summed E-state index contributed by atoms with van der Waals surface area (Å²) in [4.78, 5) is 18.1. The molecule has 3 aromatic heterocycles. The van der Waals surface area contributed by atoms with Crippen molar-refractivity contribution in [2.75, 3.05) is 11.4 Å². The first-order valence-corrected chi connectivity index (χ1v) is 9.20. The van der Waals surface area contributed by atoms with Crippen LogP contribution in [-0.2, 0) is 17.5 Å². The van der Waals surface area contributed by atoms with Gasteiger partial charge in [0.2, 0.25) is 5.91 Å². The Kier molecular flexibility index (Phi) is 4.74. The van der Waals surface area contributed by atoms with E-state index in [1.165, 1.54) is 19.9 Å². The third-order valence-electron chi connectivity index (χ3n) is 5.12. The Morgan fingerprint density at radius 2 is 1.90 bits per heavy atom. The van der Waals surface area contributed by atoms with E-state index in [9.17, 15) is 31.1 Å². The number of fused-ring (bicyclic) bond motifs is 2. The average Bonchev–Trinajstić information content (AvgIpc) is 3.24. The van der Waals surface area contributed by atoms with Gasteiger partial charge in [0.05, 0.1) is 22.8 Å². The smallest absolute Gasteiger partial charge is 0.295 e. The molecule has 0 radical (unpaired) electrons. The second kappa shape index (κ2) is 6.95. The van der Waals surface area contributed by atoms with Gasteiger partial charge in [-0.15, -0.1) is 0 Å². The van der Waals surface area contributed by atoms with E-state index in [-0.39, 0.29) is 34.8 Å². The largest absolute Gasteiger partial charge is 0.417 e. The van der Waals surface area contributed by atoms with E-state index in [2.05, 4.69) is 15.2 Å². The number of hydrogen-bond acceptors (Lipinski definition) is 4. The van der Waals surface area contributed by atoms with Gasteiger partial charge >= 0.3 is 12.4 Å². The standard InChI is InChI=1S/C18H16F6N6O/c1-9-7-11(17(19,20)21)15-10(2)27-29(16(15)26-9)8-14(31)28-6-4-12(18(22,23)24)30-13(28)3-5-25-30/h3,5,7,12H,4,6,8H2,1-2H3. The van der Waals surface area contributed by atoms with Crippen molar-refractivity contribution in [1.82, 2.24) is 24.5 Å². The lowest BCUT2D eigenvalue weighted by molar-refractivity contribution is -0.173. The number of amides is 1. The highest BCUT2D eigenvalue weighted by Crippen LogP contribution is 2.39. The van der Waals surface area contributed by atoms with Crippen LogP contribution in [0.5, 0.6) is 0 Å². The van der Waals surface area contributed by atoms with E-state index >= 15 is 0 Å². The Morgan fingerprint density at radius 3 is 2.55 bits per heavy atom. The van der Waals surface area contributed by atoms with E-state index in [0.29, 0.717) is 0 Å². The van der Waals surface area contributed by atoms with Crippen LogP contribution in [0.15, 0.2) is 18.3 Å². The van der Waals surface area contributed by atoms with Crippen molar-refractivity contribution in [3.63, 3.8) is 0 Å². The molecule has 13 heteroatoms. The number of hydrogen-bond donors (Lipinski definition) is 0. The molecular weight excluding hydrogens is 430 g/mol. The first-order valence-electron chi connectivity index (χ1n) is 9.20. The number of anilines is 1. The normalized spacial score (nSPS) is 17.3. The highest BCUT2D eigenvalue weighted by atomic mass is 19.4. The summed E-state index contributed by atoms with van der Waals surface area (Å²) in [7, 11) is 0. The summed E-state index contributed by atoms with van der Waals surface area (Å²) in [6, 6.07) is 0.337. The summed E-state index contributed by atoms with van der Waals surface area (Å²) in [6.07, 6.45) is -8.40. The fourth-order valence-corrected chi connectivity index (χ4v) is 3.83. The highest BCUT2D eigenvalue weighted by molar-refractivity contribution is 5.93. The van der Waals surface area contributed by atoms with Gasteiger partial charge < -0.3 is 0 Å². The molecule has 1 unspecified atom stereocenters. The van der Waals surface area contributed by atoms with E-state index in [1.54, 1.807) is 0 Å². The Balaban J connectivity index is 1.70. The van der Waals surface area contributed by atoms with Crippen molar-refractivity contribution in [1.29, 1.82) is 0 Å². The van der Waals surface area contributed by atoms with Crippen LogP contribution in [0.25, 0.3) is 11.0 Å². The Morgan fingerprint density at radius 1 is 1.19 bits per heavy atom. The molecule has 31 heavy (non-hydrogen) atoms. The van der Waals surface area contributed by atoms with Crippen LogP contribution in [-0.4, -0.2) is 43.2 Å². The maximum Gasteiger partial charge on any atom is 0.417 e. The number of carbonyl (C=O) groups is 1. The zero-order valence-electron chi connectivity index (χ0n) is 16.3. The number of carbonyl (C=O) groups excluding carboxylic acids is 1. The van der Waals surface area contributed by atoms with Gasteiger partial charge in [0.15, 0.2) is 11.7 Å². The first kappa shape index (κ1) is 21.1. The van der Waals surface area contributed by atoms with Crippen molar-refractivity contribution < 1.29 is 31.1 Å². The van der Waals surface area contributed by atoms with Crippen molar-refractivity contribution in [2.24, 2.45) is 0 Å². The van der Waals surface area contributed by atoms with E-state index in [0.717, 1.165) is 26.5 Å². The van der Waals surface area contributed by atoms with Gasteiger partial charge in [0.25, 0.3) is 0 Å². The summed E-state index contributed by atoms with van der Waals surface area (Å²) >= 11 is 0. The van der Waals surface area contributed by atoms with E-state index in [4.69, 9.17) is 0 Å². The molecule has 0 N–H and O–H groups in total. The number of alkyl halides is 6. The molecule has 0 bridgehead atoms. The minimum absolute atomic E-state index is 0.0353. The molecule has 1 aliphatic heterocycles. The highest BCUT2D eigenvalue weighted by Gasteiger charge is 2.46. The molecule has 1 amide bonds.